The molecule has 0 aromatic heterocycles. The highest BCUT2D eigenvalue weighted by Crippen LogP contribution is 2.20. The number of nitrogens with one attached hydrogen (secondary N) is 1. The Kier molecular flexibility index (Phi) is 5.64. The summed E-state index contributed by atoms with van der Waals surface area (Å²) in [5, 5.41) is 12.4. The molecule has 1 heterocycles. The number of carbonyl (C=O) groups is 1. The second-order valence-electron chi connectivity index (χ2n) is 6.17. The normalized spacial score (nSPS) is 20.9. The highest BCUT2D eigenvalue weighted by molar-refractivity contribution is 7.88. The fourth-order valence-electron chi connectivity index (χ4n) is 2.99. The quantitative estimate of drug-likeness (QED) is 0.845. The molecule has 1 saturated heterocycles. The second-order valence-corrected chi connectivity index (χ2v) is 8.10. The van der Waals surface area contributed by atoms with Crippen molar-refractivity contribution in [2.75, 3.05) is 12.8 Å². The number of sulfonamides is 1. The van der Waals surface area contributed by atoms with Crippen LogP contribution in [0.3, 0.4) is 0 Å². The third-order valence-corrected chi connectivity index (χ3v) is 5.31. The van der Waals surface area contributed by atoms with Crippen molar-refractivity contribution >= 4 is 15.9 Å². The molecule has 0 aliphatic carbocycles. The van der Waals surface area contributed by atoms with Gasteiger partial charge in [0.1, 0.15) is 11.8 Å². The lowest BCUT2D eigenvalue weighted by Gasteiger charge is -2.33. The van der Waals surface area contributed by atoms with E-state index in [-0.39, 0.29) is 17.7 Å². The molecule has 1 aromatic carbocycles. The zero-order chi connectivity index (χ0) is 17.0. The van der Waals surface area contributed by atoms with Crippen molar-refractivity contribution in [3.8, 4) is 5.75 Å². The molecule has 7 heteroatoms. The maximum Gasteiger partial charge on any atom is 0.238 e. The number of piperidine rings is 1. The van der Waals surface area contributed by atoms with E-state index in [1.807, 2.05) is 13.0 Å². The van der Waals surface area contributed by atoms with Gasteiger partial charge in [-0.05, 0) is 43.9 Å². The maximum atomic E-state index is 12.5. The first-order valence-electron chi connectivity index (χ1n) is 7.82. The van der Waals surface area contributed by atoms with Gasteiger partial charge in [-0.25, -0.2) is 8.42 Å². The van der Waals surface area contributed by atoms with Crippen LogP contribution in [-0.4, -0.2) is 48.6 Å². The standard InChI is InChI=1S/C16H24N2O4S/c1-12(10-13-6-5-7-14(19)11-13)17-16(20)15-8-3-4-9-18(15)23(2,21)22/h5-7,11-12,15,19H,3-4,8-10H2,1-2H3,(H,17,20). The summed E-state index contributed by atoms with van der Waals surface area (Å²) >= 11 is 0. The Morgan fingerprint density at radius 1 is 1.43 bits per heavy atom. The first-order chi connectivity index (χ1) is 10.8. The van der Waals surface area contributed by atoms with Gasteiger partial charge in [0.05, 0.1) is 6.26 Å². The summed E-state index contributed by atoms with van der Waals surface area (Å²) < 4.78 is 25.0. The lowest BCUT2D eigenvalue weighted by Crippen LogP contribution is -2.53. The van der Waals surface area contributed by atoms with E-state index < -0.39 is 16.1 Å². The van der Waals surface area contributed by atoms with Crippen molar-refractivity contribution < 1.29 is 18.3 Å². The number of phenols is 1. The van der Waals surface area contributed by atoms with Gasteiger partial charge in [-0.2, -0.15) is 4.31 Å². The van der Waals surface area contributed by atoms with Gasteiger partial charge in [-0.3, -0.25) is 4.79 Å². The lowest BCUT2D eigenvalue weighted by molar-refractivity contribution is -0.126. The summed E-state index contributed by atoms with van der Waals surface area (Å²) in [6.45, 7) is 2.27. The Morgan fingerprint density at radius 3 is 2.83 bits per heavy atom. The molecular formula is C16H24N2O4S. The summed E-state index contributed by atoms with van der Waals surface area (Å²) in [7, 11) is -3.38. The Hall–Kier alpha value is -1.60. The van der Waals surface area contributed by atoms with E-state index in [1.165, 1.54) is 4.31 Å². The van der Waals surface area contributed by atoms with Gasteiger partial charge in [0.2, 0.25) is 15.9 Å². The van der Waals surface area contributed by atoms with E-state index >= 15 is 0 Å². The van der Waals surface area contributed by atoms with E-state index in [1.54, 1.807) is 18.2 Å². The average molecular weight is 340 g/mol. The minimum absolute atomic E-state index is 0.146. The first kappa shape index (κ1) is 17.7. The molecule has 0 spiro atoms. The number of carbonyl (C=O) groups excluding carboxylic acids is 1. The molecule has 1 amide bonds. The third-order valence-electron chi connectivity index (χ3n) is 4.02. The highest BCUT2D eigenvalue weighted by atomic mass is 32.2. The maximum absolute atomic E-state index is 12.5. The van der Waals surface area contributed by atoms with Crippen molar-refractivity contribution in [3.63, 3.8) is 0 Å². The molecule has 0 bridgehead atoms. The minimum Gasteiger partial charge on any atom is -0.508 e. The monoisotopic (exact) mass is 340 g/mol. The lowest BCUT2D eigenvalue weighted by atomic mass is 10.0. The highest BCUT2D eigenvalue weighted by Gasteiger charge is 2.34. The van der Waals surface area contributed by atoms with Crippen LogP contribution >= 0.6 is 0 Å². The molecule has 2 atom stereocenters. The summed E-state index contributed by atoms with van der Waals surface area (Å²) in [6, 6.07) is 6.13. The van der Waals surface area contributed by atoms with Crippen molar-refractivity contribution in [3.05, 3.63) is 29.8 Å². The summed E-state index contributed by atoms with van der Waals surface area (Å²) in [6.07, 6.45) is 3.92. The second kappa shape index (κ2) is 7.31. The molecule has 0 radical (unpaired) electrons. The van der Waals surface area contributed by atoms with Crippen molar-refractivity contribution in [2.24, 2.45) is 0 Å². The van der Waals surface area contributed by atoms with Gasteiger partial charge in [0.25, 0.3) is 0 Å². The molecule has 128 valence electrons. The Morgan fingerprint density at radius 2 is 2.17 bits per heavy atom. The number of rotatable bonds is 5. The predicted octanol–water partition coefficient (Wildman–Crippen LogP) is 1.25. The van der Waals surface area contributed by atoms with Crippen LogP contribution in [0.5, 0.6) is 5.75 Å². The van der Waals surface area contributed by atoms with Crippen LogP contribution in [0.1, 0.15) is 31.7 Å². The topological polar surface area (TPSA) is 86.7 Å². The Bertz CT molecular complexity index is 660. The number of hydrogen-bond acceptors (Lipinski definition) is 4. The van der Waals surface area contributed by atoms with E-state index in [2.05, 4.69) is 5.32 Å². The van der Waals surface area contributed by atoms with Crippen LogP contribution in [0.25, 0.3) is 0 Å². The van der Waals surface area contributed by atoms with Crippen LogP contribution in [0.15, 0.2) is 24.3 Å². The van der Waals surface area contributed by atoms with Crippen LogP contribution in [0.2, 0.25) is 0 Å². The van der Waals surface area contributed by atoms with Gasteiger partial charge < -0.3 is 10.4 Å². The number of hydrogen-bond donors (Lipinski definition) is 2. The van der Waals surface area contributed by atoms with Crippen molar-refractivity contribution in [2.45, 2.75) is 44.7 Å². The Balaban J connectivity index is 1.99. The van der Waals surface area contributed by atoms with Crippen molar-refractivity contribution in [1.82, 2.24) is 9.62 Å². The molecule has 1 aromatic rings. The van der Waals surface area contributed by atoms with E-state index in [9.17, 15) is 18.3 Å². The molecule has 1 fully saturated rings. The molecule has 23 heavy (non-hydrogen) atoms. The number of phenolic OH excluding ortho intramolecular Hbond substituents is 1. The molecule has 1 aliphatic heterocycles. The smallest absolute Gasteiger partial charge is 0.238 e. The average Bonchev–Trinajstić information content (AvgIpc) is 2.46. The van der Waals surface area contributed by atoms with E-state index in [0.29, 0.717) is 19.4 Å². The van der Waals surface area contributed by atoms with Crippen LogP contribution in [0.4, 0.5) is 0 Å². The third kappa shape index (κ3) is 4.94. The number of amides is 1. The van der Waals surface area contributed by atoms with Gasteiger partial charge in [0, 0.05) is 12.6 Å². The summed E-state index contributed by atoms with van der Waals surface area (Å²) in [5.74, 6) is -0.0562. The molecular weight excluding hydrogens is 316 g/mol. The van der Waals surface area contributed by atoms with Crippen LogP contribution in [0, 0.1) is 0 Å². The Labute approximate surface area is 137 Å². The molecule has 2 rings (SSSR count). The molecule has 1 aliphatic rings. The summed E-state index contributed by atoms with van der Waals surface area (Å²) in [5.41, 5.74) is 0.918. The number of aromatic hydroxyl groups is 1. The van der Waals surface area contributed by atoms with Crippen LogP contribution in [-0.2, 0) is 21.2 Å². The van der Waals surface area contributed by atoms with E-state index in [0.717, 1.165) is 24.7 Å². The van der Waals surface area contributed by atoms with Gasteiger partial charge in [0.15, 0.2) is 0 Å². The van der Waals surface area contributed by atoms with Crippen molar-refractivity contribution in [1.29, 1.82) is 0 Å². The van der Waals surface area contributed by atoms with Gasteiger partial charge in [-0.1, -0.05) is 18.6 Å². The molecule has 0 saturated carbocycles. The SMILES string of the molecule is CC(Cc1cccc(O)c1)NC(=O)C1CCCCN1S(C)(=O)=O. The largest absolute Gasteiger partial charge is 0.508 e. The van der Waals surface area contributed by atoms with Gasteiger partial charge >= 0.3 is 0 Å². The summed E-state index contributed by atoms with van der Waals surface area (Å²) in [4.78, 5) is 12.5. The molecule has 6 nitrogen and oxygen atoms in total. The zero-order valence-corrected chi connectivity index (χ0v) is 14.3. The predicted molar refractivity (Wildman–Crippen MR) is 88.6 cm³/mol. The zero-order valence-electron chi connectivity index (χ0n) is 13.5. The van der Waals surface area contributed by atoms with Gasteiger partial charge in [-0.15, -0.1) is 0 Å². The fourth-order valence-corrected chi connectivity index (χ4v) is 4.12. The number of nitrogens with zero attached hydrogens (tertiary/aromatic N) is 1. The first-order valence-corrected chi connectivity index (χ1v) is 9.67. The van der Waals surface area contributed by atoms with E-state index in [4.69, 9.17) is 0 Å². The molecule has 2 N–H and O–H groups in total. The molecule has 2 unspecified atom stereocenters. The number of benzene rings is 1. The minimum atomic E-state index is -3.38. The fraction of sp³-hybridized carbons (Fsp3) is 0.562. The van der Waals surface area contributed by atoms with Crippen LogP contribution < -0.4 is 5.32 Å².